The van der Waals surface area contributed by atoms with Gasteiger partial charge in [-0.2, -0.15) is 17.5 Å². The average Bonchev–Trinajstić information content (AvgIpc) is 3.41. The maximum atomic E-state index is 12.6. The van der Waals surface area contributed by atoms with Gasteiger partial charge in [-0.1, -0.05) is 0 Å². The summed E-state index contributed by atoms with van der Waals surface area (Å²) in [4.78, 5) is 6.60. The summed E-state index contributed by atoms with van der Waals surface area (Å²) in [6, 6.07) is 1.04. The Bertz CT molecular complexity index is 616. The van der Waals surface area contributed by atoms with E-state index in [-0.39, 0.29) is 43.1 Å². The Balaban J connectivity index is 0.00000392. The SMILES string of the molecule is CN=C(NCCN(C(C)C)C1CC1)NC1CCN(S(=O)(=O)C(F)(F)F)CC1.I. The lowest BCUT2D eigenvalue weighted by molar-refractivity contribution is -0.0494. The number of nitrogens with zero attached hydrogens (tertiary/aromatic N) is 3. The second-order valence-corrected chi connectivity index (χ2v) is 9.26. The molecule has 1 saturated heterocycles. The largest absolute Gasteiger partial charge is 0.511 e. The first-order valence-corrected chi connectivity index (χ1v) is 10.8. The number of sulfonamides is 1. The third-order valence-corrected chi connectivity index (χ3v) is 6.62. The van der Waals surface area contributed by atoms with E-state index in [0.29, 0.717) is 35.2 Å². The number of halogens is 4. The molecule has 7 nitrogen and oxygen atoms in total. The van der Waals surface area contributed by atoms with Crippen molar-refractivity contribution in [3.63, 3.8) is 0 Å². The van der Waals surface area contributed by atoms with Crippen LogP contribution in [-0.4, -0.2) is 80.4 Å². The summed E-state index contributed by atoms with van der Waals surface area (Å²) < 4.78 is 61.3. The van der Waals surface area contributed by atoms with Crippen molar-refractivity contribution in [3.05, 3.63) is 0 Å². The molecule has 0 amide bonds. The van der Waals surface area contributed by atoms with Crippen molar-refractivity contribution in [2.75, 3.05) is 33.2 Å². The molecule has 0 unspecified atom stereocenters. The van der Waals surface area contributed by atoms with E-state index in [1.165, 1.54) is 12.8 Å². The van der Waals surface area contributed by atoms with E-state index in [4.69, 9.17) is 0 Å². The van der Waals surface area contributed by atoms with Gasteiger partial charge in [0.2, 0.25) is 0 Å². The van der Waals surface area contributed by atoms with E-state index in [0.717, 1.165) is 13.1 Å². The van der Waals surface area contributed by atoms with Crippen LogP contribution >= 0.6 is 24.0 Å². The Morgan fingerprint density at radius 2 is 1.79 bits per heavy atom. The van der Waals surface area contributed by atoms with Crippen LogP contribution in [0.5, 0.6) is 0 Å². The van der Waals surface area contributed by atoms with Gasteiger partial charge in [0.1, 0.15) is 0 Å². The molecule has 1 aliphatic carbocycles. The molecule has 0 radical (unpaired) electrons. The average molecular weight is 541 g/mol. The van der Waals surface area contributed by atoms with E-state index in [1.807, 2.05) is 0 Å². The van der Waals surface area contributed by atoms with Crippen LogP contribution in [0.25, 0.3) is 0 Å². The van der Waals surface area contributed by atoms with Crippen LogP contribution in [0.2, 0.25) is 0 Å². The molecule has 2 fully saturated rings. The van der Waals surface area contributed by atoms with Gasteiger partial charge in [-0.15, -0.1) is 24.0 Å². The summed E-state index contributed by atoms with van der Waals surface area (Å²) in [6.45, 7) is 5.65. The van der Waals surface area contributed by atoms with Gasteiger partial charge in [-0.3, -0.25) is 9.89 Å². The first kappa shape index (κ1) is 25.7. The van der Waals surface area contributed by atoms with E-state index >= 15 is 0 Å². The molecule has 12 heteroatoms. The highest BCUT2D eigenvalue weighted by Crippen LogP contribution is 2.29. The minimum absolute atomic E-state index is 0. The molecule has 28 heavy (non-hydrogen) atoms. The van der Waals surface area contributed by atoms with Gasteiger partial charge in [-0.25, -0.2) is 8.42 Å². The topological polar surface area (TPSA) is 77.0 Å². The molecular weight excluding hydrogens is 510 g/mol. The number of guanidine groups is 1. The van der Waals surface area contributed by atoms with Crippen molar-refractivity contribution < 1.29 is 21.6 Å². The lowest BCUT2D eigenvalue weighted by atomic mass is 10.1. The minimum atomic E-state index is -5.24. The van der Waals surface area contributed by atoms with E-state index < -0.39 is 15.5 Å². The summed E-state index contributed by atoms with van der Waals surface area (Å²) in [7, 11) is -3.60. The van der Waals surface area contributed by atoms with Gasteiger partial charge < -0.3 is 10.6 Å². The van der Waals surface area contributed by atoms with Gasteiger partial charge in [0, 0.05) is 51.4 Å². The molecule has 0 aromatic heterocycles. The number of aliphatic imine (C=N–C) groups is 1. The Morgan fingerprint density at radius 3 is 2.21 bits per heavy atom. The zero-order valence-corrected chi connectivity index (χ0v) is 19.6. The Kier molecular flexibility index (Phi) is 9.74. The van der Waals surface area contributed by atoms with Gasteiger partial charge in [-0.05, 0) is 39.5 Å². The summed E-state index contributed by atoms with van der Waals surface area (Å²) in [5, 5.41) is 6.42. The number of nitrogens with one attached hydrogen (secondary N) is 2. The first-order chi connectivity index (χ1) is 12.6. The molecule has 2 aliphatic rings. The van der Waals surface area contributed by atoms with Crippen LogP contribution in [0.1, 0.15) is 39.5 Å². The Hall–Kier alpha value is -0.340. The van der Waals surface area contributed by atoms with Crippen LogP contribution in [-0.2, 0) is 10.0 Å². The quantitative estimate of drug-likeness (QED) is 0.293. The molecule has 1 aliphatic heterocycles. The third kappa shape index (κ3) is 6.87. The smallest absolute Gasteiger partial charge is 0.355 e. The van der Waals surface area contributed by atoms with Gasteiger partial charge >= 0.3 is 15.5 Å². The van der Waals surface area contributed by atoms with E-state index in [1.54, 1.807) is 7.05 Å². The Morgan fingerprint density at radius 1 is 1.21 bits per heavy atom. The Labute approximate surface area is 182 Å². The van der Waals surface area contributed by atoms with Crippen LogP contribution in [0.4, 0.5) is 13.2 Å². The third-order valence-electron chi connectivity index (χ3n) is 4.99. The molecule has 2 rings (SSSR count). The fourth-order valence-electron chi connectivity index (χ4n) is 3.35. The molecular formula is C16H31F3IN5O2S. The van der Waals surface area contributed by atoms with Crippen molar-refractivity contribution in [2.24, 2.45) is 4.99 Å². The monoisotopic (exact) mass is 541 g/mol. The van der Waals surface area contributed by atoms with Crippen LogP contribution < -0.4 is 10.6 Å². The highest BCUT2D eigenvalue weighted by molar-refractivity contribution is 14.0. The number of piperidine rings is 1. The van der Waals surface area contributed by atoms with Crippen LogP contribution in [0, 0.1) is 0 Å². The summed E-state index contributed by atoms with van der Waals surface area (Å²) in [5.41, 5.74) is -5.24. The highest BCUT2D eigenvalue weighted by atomic mass is 127. The molecule has 0 aromatic rings. The second-order valence-electron chi connectivity index (χ2n) is 7.33. The zero-order chi connectivity index (χ0) is 20.2. The fourth-order valence-corrected chi connectivity index (χ4v) is 4.33. The van der Waals surface area contributed by atoms with Crippen molar-refractivity contribution in [1.29, 1.82) is 0 Å². The van der Waals surface area contributed by atoms with Crippen molar-refractivity contribution in [2.45, 2.75) is 63.2 Å². The molecule has 2 N–H and O–H groups in total. The minimum Gasteiger partial charge on any atom is -0.355 e. The summed E-state index contributed by atoms with van der Waals surface area (Å²) in [5.74, 6) is 0.589. The number of hydrogen-bond donors (Lipinski definition) is 2. The standard InChI is InChI=1S/C16H30F3N5O2S.HI/c1-12(2)24(14-4-5-14)11-8-21-15(20-3)22-13-6-9-23(10-7-13)27(25,26)16(17,18)19;/h12-14H,4-11H2,1-3H3,(H2,20,21,22);1H. The lowest BCUT2D eigenvalue weighted by Gasteiger charge is -2.32. The molecule has 0 atom stereocenters. The highest BCUT2D eigenvalue weighted by Gasteiger charge is 2.50. The summed E-state index contributed by atoms with van der Waals surface area (Å²) in [6.07, 6.45) is 3.08. The van der Waals surface area contributed by atoms with Gasteiger partial charge in [0.25, 0.3) is 0 Å². The lowest BCUT2D eigenvalue weighted by Crippen LogP contribution is -2.52. The van der Waals surface area contributed by atoms with Crippen LogP contribution in [0.3, 0.4) is 0 Å². The van der Waals surface area contributed by atoms with E-state index in [9.17, 15) is 21.6 Å². The van der Waals surface area contributed by atoms with Crippen molar-refractivity contribution in [1.82, 2.24) is 19.8 Å². The first-order valence-electron chi connectivity index (χ1n) is 9.35. The predicted molar refractivity (Wildman–Crippen MR) is 114 cm³/mol. The van der Waals surface area contributed by atoms with Gasteiger partial charge in [0.05, 0.1) is 0 Å². The van der Waals surface area contributed by atoms with Gasteiger partial charge in [0.15, 0.2) is 5.96 Å². The number of rotatable bonds is 7. The molecule has 166 valence electrons. The number of alkyl halides is 3. The molecule has 0 bridgehead atoms. The maximum Gasteiger partial charge on any atom is 0.511 e. The van der Waals surface area contributed by atoms with Crippen molar-refractivity contribution >= 4 is 40.0 Å². The number of hydrogen-bond acceptors (Lipinski definition) is 4. The maximum absolute atomic E-state index is 12.6. The van der Waals surface area contributed by atoms with E-state index in [2.05, 4.69) is 34.4 Å². The summed E-state index contributed by atoms with van der Waals surface area (Å²) >= 11 is 0. The predicted octanol–water partition coefficient (Wildman–Crippen LogP) is 1.96. The normalized spacial score (nSPS) is 20.4. The van der Waals surface area contributed by atoms with Crippen LogP contribution in [0.15, 0.2) is 4.99 Å². The zero-order valence-electron chi connectivity index (χ0n) is 16.5. The van der Waals surface area contributed by atoms with Crippen molar-refractivity contribution in [3.8, 4) is 0 Å². The fraction of sp³-hybridized carbons (Fsp3) is 0.938. The second kappa shape index (κ2) is 10.6. The molecule has 0 aromatic carbocycles. The molecule has 1 saturated carbocycles. The molecule has 0 spiro atoms. The molecule has 1 heterocycles.